The van der Waals surface area contributed by atoms with Crippen LogP contribution in [-0.2, 0) is 4.79 Å². The van der Waals surface area contributed by atoms with Crippen molar-refractivity contribution in [1.29, 1.82) is 0 Å². The molecule has 254 valence electrons. The van der Waals surface area contributed by atoms with Crippen molar-refractivity contribution in [3.8, 4) is 11.1 Å². The second-order valence-electron chi connectivity index (χ2n) is 13.8. The molecule has 2 N–H and O–H groups in total. The maximum absolute atomic E-state index is 14.6. The minimum atomic E-state index is -0.581. The van der Waals surface area contributed by atoms with E-state index in [1.807, 2.05) is 26.8 Å². The third-order valence-corrected chi connectivity index (χ3v) is 10.1. The minimum absolute atomic E-state index is 0.0564. The third-order valence-electron chi connectivity index (χ3n) is 9.75. The van der Waals surface area contributed by atoms with Crippen molar-refractivity contribution in [2.24, 2.45) is 5.92 Å². The van der Waals surface area contributed by atoms with E-state index in [1.54, 1.807) is 22.9 Å². The van der Waals surface area contributed by atoms with E-state index in [9.17, 15) is 14.0 Å². The van der Waals surface area contributed by atoms with Gasteiger partial charge in [0.2, 0.25) is 11.9 Å². The number of nitrogens with zero attached hydrogens (tertiary/aromatic N) is 5. The van der Waals surface area contributed by atoms with Gasteiger partial charge < -0.3 is 20.4 Å². The van der Waals surface area contributed by atoms with E-state index in [-0.39, 0.29) is 34.5 Å². The maximum atomic E-state index is 14.6. The molecular formula is C37H45ClFN7O2. The van der Waals surface area contributed by atoms with Gasteiger partial charge >= 0.3 is 0 Å². The molecule has 2 aliphatic rings. The van der Waals surface area contributed by atoms with E-state index < -0.39 is 5.82 Å². The molecule has 0 atom stereocenters. The fraction of sp³-hybridized carbons (Fsp3) is 0.459. The highest BCUT2D eigenvalue weighted by Crippen LogP contribution is 2.36. The molecule has 1 saturated heterocycles. The molecule has 2 aromatic heterocycles. The number of carbonyl (C=O) groups excluding carboxylic acids is 1. The van der Waals surface area contributed by atoms with Gasteiger partial charge in [-0.3, -0.25) is 14.2 Å². The summed E-state index contributed by atoms with van der Waals surface area (Å²) < 4.78 is 16.4. The van der Waals surface area contributed by atoms with Gasteiger partial charge in [0, 0.05) is 73.2 Å². The number of likely N-dealkylation sites (N-methyl/N-ethyl adjacent to an activating group) is 1. The van der Waals surface area contributed by atoms with Gasteiger partial charge in [0.25, 0.3) is 5.56 Å². The minimum Gasteiger partial charge on any atom is -0.369 e. The number of piperazine rings is 1. The summed E-state index contributed by atoms with van der Waals surface area (Å²) in [6, 6.07) is 10.7. The zero-order valence-electron chi connectivity index (χ0n) is 28.4. The van der Waals surface area contributed by atoms with E-state index in [1.165, 1.54) is 11.8 Å². The zero-order chi connectivity index (χ0) is 34.1. The van der Waals surface area contributed by atoms with Crippen molar-refractivity contribution in [3.63, 3.8) is 0 Å². The molecule has 1 aliphatic carbocycles. The molecule has 2 aromatic carbocycles. The van der Waals surface area contributed by atoms with Crippen LogP contribution in [0.5, 0.6) is 0 Å². The Labute approximate surface area is 286 Å². The number of hydrogen-bond acceptors (Lipinski definition) is 7. The van der Waals surface area contributed by atoms with Crippen LogP contribution in [0.15, 0.2) is 47.4 Å². The van der Waals surface area contributed by atoms with Gasteiger partial charge in [-0.15, -0.1) is 0 Å². The number of amides is 1. The quantitative estimate of drug-likeness (QED) is 0.208. The SMILES string of the molecule is Cc1cc(Nc2ncc3c(C)c(-c4cccc(F)c4Cl)c(=O)n(C4CCC(NC(=O)CC(C)C)CC4)c3n2)ccc1N1CCN(C)CC1. The maximum Gasteiger partial charge on any atom is 0.260 e. The Morgan fingerprint density at radius 1 is 1.06 bits per heavy atom. The second kappa shape index (κ2) is 14.2. The predicted octanol–water partition coefficient (Wildman–Crippen LogP) is 7.01. The van der Waals surface area contributed by atoms with E-state index in [0.29, 0.717) is 52.9 Å². The highest BCUT2D eigenvalue weighted by Gasteiger charge is 2.29. The van der Waals surface area contributed by atoms with E-state index in [0.717, 1.165) is 50.3 Å². The van der Waals surface area contributed by atoms with Crippen LogP contribution in [0.2, 0.25) is 5.02 Å². The Balaban J connectivity index is 1.36. The normalized spacial score (nSPS) is 18.8. The van der Waals surface area contributed by atoms with Crippen LogP contribution in [-0.4, -0.2) is 64.6 Å². The molecule has 0 bridgehead atoms. The number of pyridine rings is 1. The Morgan fingerprint density at radius 2 is 1.79 bits per heavy atom. The van der Waals surface area contributed by atoms with Crippen molar-refractivity contribution < 1.29 is 9.18 Å². The molecule has 2 fully saturated rings. The molecule has 4 aromatic rings. The fourth-order valence-electron chi connectivity index (χ4n) is 7.15. The molecule has 1 saturated carbocycles. The molecular weight excluding hydrogens is 629 g/mol. The number of benzene rings is 2. The summed E-state index contributed by atoms with van der Waals surface area (Å²) in [5.41, 5.74) is 4.83. The van der Waals surface area contributed by atoms with Crippen molar-refractivity contribution in [2.45, 2.75) is 71.9 Å². The first-order valence-corrected chi connectivity index (χ1v) is 17.3. The van der Waals surface area contributed by atoms with Gasteiger partial charge in [0.05, 0.1) is 10.6 Å². The van der Waals surface area contributed by atoms with Crippen LogP contribution in [0.3, 0.4) is 0 Å². The lowest BCUT2D eigenvalue weighted by atomic mass is 9.89. The lowest BCUT2D eigenvalue weighted by Gasteiger charge is -2.35. The summed E-state index contributed by atoms with van der Waals surface area (Å²) in [7, 11) is 2.15. The first-order chi connectivity index (χ1) is 23.0. The number of rotatable bonds is 8. The number of aromatic nitrogens is 3. The topological polar surface area (TPSA) is 95.4 Å². The number of aryl methyl sites for hydroxylation is 2. The van der Waals surface area contributed by atoms with Gasteiger partial charge in [-0.2, -0.15) is 4.98 Å². The summed E-state index contributed by atoms with van der Waals surface area (Å²) in [5.74, 6) is 0.146. The van der Waals surface area contributed by atoms with Crippen molar-refractivity contribution in [1.82, 2.24) is 24.8 Å². The Bertz CT molecular complexity index is 1880. The summed E-state index contributed by atoms with van der Waals surface area (Å²) in [6.45, 7) is 12.1. The summed E-state index contributed by atoms with van der Waals surface area (Å²) in [4.78, 5) is 41.3. The molecule has 1 amide bonds. The van der Waals surface area contributed by atoms with Gasteiger partial charge in [0.15, 0.2) is 0 Å². The average molecular weight is 674 g/mol. The smallest absolute Gasteiger partial charge is 0.260 e. The van der Waals surface area contributed by atoms with Crippen LogP contribution in [0.1, 0.15) is 63.1 Å². The molecule has 6 rings (SSSR count). The van der Waals surface area contributed by atoms with Gasteiger partial charge in [-0.25, -0.2) is 9.37 Å². The van der Waals surface area contributed by atoms with Crippen LogP contribution in [0.4, 0.5) is 21.7 Å². The van der Waals surface area contributed by atoms with Crippen LogP contribution < -0.4 is 21.1 Å². The summed E-state index contributed by atoms with van der Waals surface area (Å²) in [5, 5.41) is 7.15. The van der Waals surface area contributed by atoms with Crippen LogP contribution >= 0.6 is 11.6 Å². The fourth-order valence-corrected chi connectivity index (χ4v) is 7.37. The molecule has 0 unspecified atom stereocenters. The van der Waals surface area contributed by atoms with Crippen molar-refractivity contribution in [2.75, 3.05) is 43.4 Å². The van der Waals surface area contributed by atoms with Crippen molar-refractivity contribution >= 4 is 45.9 Å². The first kappa shape index (κ1) is 33.9. The number of fused-ring (bicyclic) bond motifs is 1. The third kappa shape index (κ3) is 7.05. The van der Waals surface area contributed by atoms with E-state index >= 15 is 0 Å². The first-order valence-electron chi connectivity index (χ1n) is 17.0. The number of halogens is 2. The number of carbonyl (C=O) groups is 1. The van der Waals surface area contributed by atoms with Crippen LogP contribution in [0.25, 0.3) is 22.2 Å². The molecule has 3 heterocycles. The molecule has 0 radical (unpaired) electrons. The highest BCUT2D eigenvalue weighted by atomic mass is 35.5. The predicted molar refractivity (Wildman–Crippen MR) is 192 cm³/mol. The van der Waals surface area contributed by atoms with Gasteiger partial charge in [-0.1, -0.05) is 37.6 Å². The molecule has 0 spiro atoms. The summed E-state index contributed by atoms with van der Waals surface area (Å²) >= 11 is 6.45. The van der Waals surface area contributed by atoms with E-state index in [2.05, 4.69) is 51.5 Å². The molecule has 48 heavy (non-hydrogen) atoms. The Hall–Kier alpha value is -4.02. The zero-order valence-corrected chi connectivity index (χ0v) is 29.2. The highest BCUT2D eigenvalue weighted by molar-refractivity contribution is 6.33. The van der Waals surface area contributed by atoms with Gasteiger partial charge in [0.1, 0.15) is 11.5 Å². The van der Waals surface area contributed by atoms with Crippen molar-refractivity contribution in [3.05, 3.63) is 74.9 Å². The summed E-state index contributed by atoms with van der Waals surface area (Å²) in [6.07, 6.45) is 5.06. The Morgan fingerprint density at radius 3 is 2.48 bits per heavy atom. The lowest BCUT2D eigenvalue weighted by molar-refractivity contribution is -0.122. The standard InChI is InChI=1S/C37H45ClFN7O2/c1-22(2)19-32(47)41-25-9-12-27(13-10-25)46-35-29(24(4)33(36(46)48)28-7-6-8-30(39)34(28)38)21-40-37(43-35)42-26-11-14-31(23(3)20-26)45-17-15-44(5)16-18-45/h6-8,11,14,20-22,25,27H,9-10,12-13,15-19H2,1-5H3,(H,41,47)(H,40,42,43). The number of anilines is 3. The Kier molecular flexibility index (Phi) is 10.0. The van der Waals surface area contributed by atoms with E-state index in [4.69, 9.17) is 16.6 Å². The number of hydrogen-bond donors (Lipinski definition) is 2. The molecule has 1 aliphatic heterocycles. The number of nitrogens with one attached hydrogen (secondary N) is 2. The van der Waals surface area contributed by atoms with Gasteiger partial charge in [-0.05, 0) is 87.9 Å². The second-order valence-corrected chi connectivity index (χ2v) is 14.2. The largest absolute Gasteiger partial charge is 0.369 e. The molecule has 11 heteroatoms. The molecule has 9 nitrogen and oxygen atoms in total. The monoisotopic (exact) mass is 673 g/mol. The average Bonchev–Trinajstić information content (AvgIpc) is 3.04. The van der Waals surface area contributed by atoms with Crippen LogP contribution in [0, 0.1) is 25.6 Å². The lowest BCUT2D eigenvalue weighted by Crippen LogP contribution is -2.44.